The summed E-state index contributed by atoms with van der Waals surface area (Å²) >= 11 is 0. The third-order valence-corrected chi connectivity index (χ3v) is 3.76. The van der Waals surface area contributed by atoms with Gasteiger partial charge >= 0.3 is 5.97 Å². The average Bonchev–Trinajstić information content (AvgIpc) is 2.47. The molecule has 0 spiro atoms. The predicted octanol–water partition coefficient (Wildman–Crippen LogP) is 4.87. The van der Waals surface area contributed by atoms with Gasteiger partial charge in [0.05, 0.1) is 0 Å². The molecule has 0 aliphatic carbocycles. The molecule has 0 saturated carbocycles. The minimum Gasteiger partial charge on any atom is -0.478 e. The van der Waals surface area contributed by atoms with Crippen molar-refractivity contribution in [1.82, 2.24) is 0 Å². The van der Waals surface area contributed by atoms with Crippen LogP contribution in [0.15, 0.2) is 60.2 Å². The Morgan fingerprint density at radius 2 is 1.77 bits per heavy atom. The van der Waals surface area contributed by atoms with Crippen LogP contribution in [-0.4, -0.2) is 11.1 Å². The fourth-order valence-corrected chi connectivity index (χ4v) is 2.46. The van der Waals surface area contributed by atoms with E-state index in [1.165, 1.54) is 22.8 Å². The first kappa shape index (κ1) is 16.0. The second-order valence-electron chi connectivity index (χ2n) is 5.96. The van der Waals surface area contributed by atoms with E-state index in [0.29, 0.717) is 6.42 Å². The first-order valence-electron chi connectivity index (χ1n) is 7.55. The van der Waals surface area contributed by atoms with E-state index in [4.69, 9.17) is 5.11 Å². The third kappa shape index (κ3) is 4.32. The maximum Gasteiger partial charge on any atom is 0.328 e. The summed E-state index contributed by atoms with van der Waals surface area (Å²) in [5, 5.41) is 8.95. The predicted molar refractivity (Wildman–Crippen MR) is 90.9 cm³/mol. The van der Waals surface area contributed by atoms with Gasteiger partial charge in [0, 0.05) is 6.08 Å². The third-order valence-electron chi connectivity index (χ3n) is 3.76. The van der Waals surface area contributed by atoms with E-state index in [9.17, 15) is 4.79 Å². The Labute approximate surface area is 132 Å². The molecule has 0 amide bonds. The molecular weight excluding hydrogens is 272 g/mol. The lowest BCUT2D eigenvalue weighted by molar-refractivity contribution is -0.131. The summed E-state index contributed by atoms with van der Waals surface area (Å²) in [5.41, 5.74) is 5.71. The Bertz CT molecular complexity index is 679. The summed E-state index contributed by atoms with van der Waals surface area (Å²) in [6.07, 6.45) is 2.01. The van der Waals surface area contributed by atoms with Crippen molar-refractivity contribution in [3.05, 3.63) is 71.3 Å². The lowest BCUT2D eigenvalue weighted by Crippen LogP contribution is -2.02. The summed E-state index contributed by atoms with van der Waals surface area (Å²) < 4.78 is 0. The molecule has 114 valence electrons. The molecule has 0 radical (unpaired) electrons. The van der Waals surface area contributed by atoms with Crippen LogP contribution in [0.2, 0.25) is 0 Å². The number of allylic oxidation sites excluding steroid dienone is 1. The van der Waals surface area contributed by atoms with Gasteiger partial charge in [-0.25, -0.2) is 4.79 Å². The zero-order valence-electron chi connectivity index (χ0n) is 13.3. The first-order chi connectivity index (χ1) is 10.5. The summed E-state index contributed by atoms with van der Waals surface area (Å²) in [6, 6.07) is 16.8. The minimum atomic E-state index is -0.875. The zero-order chi connectivity index (χ0) is 16.1. The summed E-state index contributed by atoms with van der Waals surface area (Å²) in [4.78, 5) is 10.9. The van der Waals surface area contributed by atoms with E-state index in [0.717, 1.165) is 11.1 Å². The SMILES string of the molecule is Cc1cccc(-c2ccc(C/C(=C/C(=O)O)C(C)C)cc2)c1. The van der Waals surface area contributed by atoms with Gasteiger partial charge < -0.3 is 5.11 Å². The van der Waals surface area contributed by atoms with Gasteiger partial charge in [-0.1, -0.05) is 73.5 Å². The number of hydrogen-bond acceptors (Lipinski definition) is 1. The lowest BCUT2D eigenvalue weighted by Gasteiger charge is -2.11. The van der Waals surface area contributed by atoms with Crippen molar-refractivity contribution >= 4 is 5.97 Å². The molecule has 0 heterocycles. The van der Waals surface area contributed by atoms with Gasteiger partial charge in [0.2, 0.25) is 0 Å². The lowest BCUT2D eigenvalue weighted by atomic mass is 9.94. The second-order valence-corrected chi connectivity index (χ2v) is 5.96. The molecule has 2 rings (SSSR count). The molecule has 0 aliphatic rings. The molecule has 1 N–H and O–H groups in total. The molecular formula is C20H22O2. The topological polar surface area (TPSA) is 37.3 Å². The van der Waals surface area contributed by atoms with Gasteiger partial charge in [-0.15, -0.1) is 0 Å². The molecule has 2 nitrogen and oxygen atoms in total. The Balaban J connectivity index is 2.20. The van der Waals surface area contributed by atoms with E-state index in [-0.39, 0.29) is 5.92 Å². The first-order valence-corrected chi connectivity index (χ1v) is 7.55. The molecule has 0 unspecified atom stereocenters. The van der Waals surface area contributed by atoms with Crippen molar-refractivity contribution in [2.75, 3.05) is 0 Å². The van der Waals surface area contributed by atoms with E-state index < -0.39 is 5.97 Å². The molecule has 22 heavy (non-hydrogen) atoms. The second kappa shape index (κ2) is 7.08. The fraction of sp³-hybridized carbons (Fsp3) is 0.250. The minimum absolute atomic E-state index is 0.229. The molecule has 0 fully saturated rings. The molecule has 0 bridgehead atoms. The van der Waals surface area contributed by atoms with E-state index >= 15 is 0 Å². The number of carboxylic acid groups (broad SMARTS) is 1. The smallest absolute Gasteiger partial charge is 0.328 e. The monoisotopic (exact) mass is 294 g/mol. The van der Waals surface area contributed by atoms with Crippen LogP contribution in [0, 0.1) is 12.8 Å². The van der Waals surface area contributed by atoms with Crippen LogP contribution in [0.1, 0.15) is 25.0 Å². The maximum atomic E-state index is 10.9. The Hall–Kier alpha value is -2.35. The number of benzene rings is 2. The van der Waals surface area contributed by atoms with Crippen LogP contribution in [0.5, 0.6) is 0 Å². The van der Waals surface area contributed by atoms with Gasteiger partial charge in [-0.2, -0.15) is 0 Å². The average molecular weight is 294 g/mol. The highest BCUT2D eigenvalue weighted by molar-refractivity contribution is 5.80. The maximum absolute atomic E-state index is 10.9. The van der Waals surface area contributed by atoms with E-state index in [1.807, 2.05) is 13.8 Å². The quantitative estimate of drug-likeness (QED) is 0.799. The Morgan fingerprint density at radius 3 is 2.32 bits per heavy atom. The fourth-order valence-electron chi connectivity index (χ4n) is 2.46. The molecule has 0 atom stereocenters. The van der Waals surface area contributed by atoms with Crippen molar-refractivity contribution in [2.45, 2.75) is 27.2 Å². The number of carbonyl (C=O) groups is 1. The largest absolute Gasteiger partial charge is 0.478 e. The van der Waals surface area contributed by atoms with Crippen molar-refractivity contribution in [2.24, 2.45) is 5.92 Å². The van der Waals surface area contributed by atoms with Gasteiger partial charge in [-0.05, 0) is 36.0 Å². The van der Waals surface area contributed by atoms with Crippen molar-refractivity contribution in [3.8, 4) is 11.1 Å². The number of aliphatic carboxylic acids is 1. The summed E-state index contributed by atoms with van der Waals surface area (Å²) in [6.45, 7) is 6.13. The zero-order valence-corrected chi connectivity index (χ0v) is 13.3. The van der Waals surface area contributed by atoms with Gasteiger partial charge in [0.1, 0.15) is 0 Å². The van der Waals surface area contributed by atoms with Gasteiger partial charge in [0.25, 0.3) is 0 Å². The number of aryl methyl sites for hydroxylation is 1. The van der Waals surface area contributed by atoms with Crippen LogP contribution in [0.4, 0.5) is 0 Å². The molecule has 0 aliphatic heterocycles. The molecule has 0 saturated heterocycles. The molecule has 2 aromatic carbocycles. The van der Waals surface area contributed by atoms with Crippen molar-refractivity contribution < 1.29 is 9.90 Å². The highest BCUT2D eigenvalue weighted by atomic mass is 16.4. The van der Waals surface area contributed by atoms with Crippen LogP contribution >= 0.6 is 0 Å². The van der Waals surface area contributed by atoms with Crippen LogP contribution in [0.25, 0.3) is 11.1 Å². The summed E-state index contributed by atoms with van der Waals surface area (Å²) in [7, 11) is 0. The van der Waals surface area contributed by atoms with Crippen LogP contribution in [0.3, 0.4) is 0 Å². The number of hydrogen-bond donors (Lipinski definition) is 1. The highest BCUT2D eigenvalue weighted by Gasteiger charge is 2.07. The highest BCUT2D eigenvalue weighted by Crippen LogP contribution is 2.23. The van der Waals surface area contributed by atoms with Crippen LogP contribution in [-0.2, 0) is 11.2 Å². The Kier molecular flexibility index (Phi) is 5.16. The van der Waals surface area contributed by atoms with Crippen molar-refractivity contribution in [3.63, 3.8) is 0 Å². The molecule has 2 aromatic rings. The van der Waals surface area contributed by atoms with Crippen LogP contribution < -0.4 is 0 Å². The number of rotatable bonds is 5. The standard InChI is InChI=1S/C20H22O2/c1-14(2)19(13-20(21)22)12-16-7-9-17(10-8-16)18-6-4-5-15(3)11-18/h4-11,13-14H,12H2,1-3H3,(H,21,22)/b19-13-. The summed E-state index contributed by atoms with van der Waals surface area (Å²) in [5.74, 6) is -0.646. The van der Waals surface area contributed by atoms with E-state index in [1.54, 1.807) is 0 Å². The number of carboxylic acids is 1. The normalized spacial score (nSPS) is 11.7. The molecule has 0 aromatic heterocycles. The van der Waals surface area contributed by atoms with Gasteiger partial charge in [-0.3, -0.25) is 0 Å². The Morgan fingerprint density at radius 1 is 1.09 bits per heavy atom. The molecule has 2 heteroatoms. The van der Waals surface area contributed by atoms with Crippen molar-refractivity contribution in [1.29, 1.82) is 0 Å². The van der Waals surface area contributed by atoms with E-state index in [2.05, 4.69) is 55.5 Å². The van der Waals surface area contributed by atoms with Gasteiger partial charge in [0.15, 0.2) is 0 Å².